The van der Waals surface area contributed by atoms with E-state index < -0.39 is 10.0 Å². The molecule has 0 bridgehead atoms. The van der Waals surface area contributed by atoms with Crippen LogP contribution in [0.4, 0.5) is 5.69 Å². The van der Waals surface area contributed by atoms with E-state index in [1.807, 2.05) is 6.92 Å². The van der Waals surface area contributed by atoms with Gasteiger partial charge in [-0.1, -0.05) is 13.0 Å². The average molecular weight is 311 g/mol. The summed E-state index contributed by atoms with van der Waals surface area (Å²) in [5.41, 5.74) is 7.09. The number of hydrogen-bond acceptors (Lipinski definition) is 4. The Balaban J connectivity index is 1.96. The topological polar surface area (TPSA) is 75.4 Å². The van der Waals surface area contributed by atoms with Gasteiger partial charge in [0.15, 0.2) is 0 Å². The molecule has 0 atom stereocenters. The van der Waals surface area contributed by atoms with Gasteiger partial charge in [-0.25, -0.2) is 13.1 Å². The molecule has 0 unspecified atom stereocenters. The quantitative estimate of drug-likeness (QED) is 0.810. The first-order valence-corrected chi connectivity index (χ1v) is 8.99. The molecule has 1 aromatic rings. The van der Waals surface area contributed by atoms with Gasteiger partial charge in [0.2, 0.25) is 10.0 Å². The van der Waals surface area contributed by atoms with Crippen LogP contribution in [-0.4, -0.2) is 39.5 Å². The minimum Gasteiger partial charge on any atom is -0.398 e. The molecule has 1 aromatic carbocycles. The van der Waals surface area contributed by atoms with Crippen LogP contribution in [0.25, 0.3) is 0 Å². The summed E-state index contributed by atoms with van der Waals surface area (Å²) >= 11 is 0. The highest BCUT2D eigenvalue weighted by atomic mass is 32.2. The Labute approximate surface area is 127 Å². The standard InChI is InChI=1S/C15H25N3O2S/c1-3-18-8-6-13(7-9-18)11-17-21(19,20)15-5-4-12(2)10-14(15)16/h4-5,10,13,17H,3,6-9,11,16H2,1-2H3. The van der Waals surface area contributed by atoms with Crippen molar-refractivity contribution < 1.29 is 8.42 Å². The van der Waals surface area contributed by atoms with Crippen molar-refractivity contribution in [3.63, 3.8) is 0 Å². The molecule has 6 heteroatoms. The second kappa shape index (κ2) is 6.77. The van der Waals surface area contributed by atoms with E-state index in [-0.39, 0.29) is 4.90 Å². The van der Waals surface area contributed by atoms with Crippen LogP contribution < -0.4 is 10.5 Å². The average Bonchev–Trinajstić information content (AvgIpc) is 2.45. The number of benzene rings is 1. The van der Waals surface area contributed by atoms with Crippen LogP contribution in [0.3, 0.4) is 0 Å². The molecule has 118 valence electrons. The van der Waals surface area contributed by atoms with E-state index >= 15 is 0 Å². The zero-order chi connectivity index (χ0) is 15.5. The Bertz CT molecular complexity index is 579. The highest BCUT2D eigenvalue weighted by molar-refractivity contribution is 7.89. The van der Waals surface area contributed by atoms with Crippen molar-refractivity contribution in [1.29, 1.82) is 0 Å². The predicted molar refractivity (Wildman–Crippen MR) is 85.6 cm³/mol. The summed E-state index contributed by atoms with van der Waals surface area (Å²) in [6.07, 6.45) is 2.08. The molecule has 21 heavy (non-hydrogen) atoms. The Morgan fingerprint density at radius 1 is 1.33 bits per heavy atom. The monoisotopic (exact) mass is 311 g/mol. The van der Waals surface area contributed by atoms with Crippen LogP contribution >= 0.6 is 0 Å². The molecule has 1 aliphatic rings. The number of aryl methyl sites for hydroxylation is 1. The van der Waals surface area contributed by atoms with Gasteiger partial charge in [0.1, 0.15) is 4.90 Å². The maximum Gasteiger partial charge on any atom is 0.242 e. The lowest BCUT2D eigenvalue weighted by Gasteiger charge is -2.31. The molecule has 0 spiro atoms. The molecule has 1 saturated heterocycles. The van der Waals surface area contributed by atoms with Crippen molar-refractivity contribution in [2.75, 3.05) is 31.9 Å². The summed E-state index contributed by atoms with van der Waals surface area (Å²) in [6.45, 7) is 7.71. The van der Waals surface area contributed by atoms with Gasteiger partial charge in [-0.15, -0.1) is 0 Å². The molecular weight excluding hydrogens is 286 g/mol. The fourth-order valence-electron chi connectivity index (χ4n) is 2.72. The molecule has 2 rings (SSSR count). The fourth-order valence-corrected chi connectivity index (χ4v) is 3.95. The third kappa shape index (κ3) is 4.18. The summed E-state index contributed by atoms with van der Waals surface area (Å²) in [4.78, 5) is 2.57. The number of rotatable bonds is 5. The minimum absolute atomic E-state index is 0.180. The predicted octanol–water partition coefficient (Wildman–Crippen LogP) is 1.59. The van der Waals surface area contributed by atoms with Crippen molar-refractivity contribution in [3.8, 4) is 0 Å². The summed E-state index contributed by atoms with van der Waals surface area (Å²) in [7, 11) is -3.51. The largest absolute Gasteiger partial charge is 0.398 e. The number of nitrogens with two attached hydrogens (primary N) is 1. The first-order valence-electron chi connectivity index (χ1n) is 7.50. The van der Waals surface area contributed by atoms with Gasteiger partial charge in [0.05, 0.1) is 5.69 Å². The van der Waals surface area contributed by atoms with Crippen LogP contribution in [-0.2, 0) is 10.0 Å². The molecule has 0 saturated carbocycles. The molecule has 0 radical (unpaired) electrons. The highest BCUT2D eigenvalue weighted by Gasteiger charge is 2.22. The van der Waals surface area contributed by atoms with Crippen molar-refractivity contribution in [2.45, 2.75) is 31.6 Å². The van der Waals surface area contributed by atoms with Gasteiger partial charge in [0, 0.05) is 6.54 Å². The number of nitrogens with zero attached hydrogens (tertiary/aromatic N) is 1. The van der Waals surface area contributed by atoms with Gasteiger partial charge < -0.3 is 10.6 Å². The van der Waals surface area contributed by atoms with E-state index in [2.05, 4.69) is 16.5 Å². The number of sulfonamides is 1. The minimum atomic E-state index is -3.51. The molecule has 0 aliphatic carbocycles. The van der Waals surface area contributed by atoms with E-state index in [9.17, 15) is 8.42 Å². The van der Waals surface area contributed by atoms with Crippen molar-refractivity contribution in [3.05, 3.63) is 23.8 Å². The summed E-state index contributed by atoms with van der Waals surface area (Å²) in [5, 5.41) is 0. The van der Waals surface area contributed by atoms with Gasteiger partial charge in [-0.05, 0) is 63.0 Å². The first-order chi connectivity index (χ1) is 9.92. The Morgan fingerprint density at radius 3 is 2.57 bits per heavy atom. The van der Waals surface area contributed by atoms with E-state index in [0.717, 1.165) is 38.0 Å². The number of piperidine rings is 1. The number of likely N-dealkylation sites (tertiary alicyclic amines) is 1. The number of hydrogen-bond donors (Lipinski definition) is 2. The number of nitrogen functional groups attached to an aromatic ring is 1. The maximum absolute atomic E-state index is 12.3. The lowest BCUT2D eigenvalue weighted by Crippen LogP contribution is -2.38. The number of anilines is 1. The summed E-state index contributed by atoms with van der Waals surface area (Å²) in [6, 6.07) is 5.03. The SMILES string of the molecule is CCN1CCC(CNS(=O)(=O)c2ccc(C)cc2N)CC1. The van der Waals surface area contributed by atoms with Crippen LogP contribution in [0.1, 0.15) is 25.3 Å². The zero-order valence-electron chi connectivity index (χ0n) is 12.8. The lowest BCUT2D eigenvalue weighted by atomic mass is 9.97. The summed E-state index contributed by atoms with van der Waals surface area (Å²) < 4.78 is 27.4. The van der Waals surface area contributed by atoms with Crippen LogP contribution in [0.15, 0.2) is 23.1 Å². The second-order valence-electron chi connectivity index (χ2n) is 5.77. The van der Waals surface area contributed by atoms with E-state index in [0.29, 0.717) is 18.2 Å². The smallest absolute Gasteiger partial charge is 0.242 e. The molecule has 5 nitrogen and oxygen atoms in total. The lowest BCUT2D eigenvalue weighted by molar-refractivity contribution is 0.194. The maximum atomic E-state index is 12.3. The van der Waals surface area contributed by atoms with Crippen LogP contribution in [0.2, 0.25) is 0 Å². The summed E-state index contributed by atoms with van der Waals surface area (Å²) in [5.74, 6) is 0.411. The van der Waals surface area contributed by atoms with Gasteiger partial charge >= 0.3 is 0 Å². The molecule has 3 N–H and O–H groups in total. The normalized spacial score (nSPS) is 18.0. The van der Waals surface area contributed by atoms with Crippen LogP contribution in [0.5, 0.6) is 0 Å². The third-order valence-corrected chi connectivity index (χ3v) is 5.67. The van der Waals surface area contributed by atoms with Gasteiger partial charge in [0.25, 0.3) is 0 Å². The van der Waals surface area contributed by atoms with Gasteiger partial charge in [-0.2, -0.15) is 0 Å². The van der Waals surface area contributed by atoms with Crippen molar-refractivity contribution >= 4 is 15.7 Å². The van der Waals surface area contributed by atoms with Gasteiger partial charge in [-0.3, -0.25) is 0 Å². The molecule has 1 fully saturated rings. The molecule has 0 aromatic heterocycles. The Kier molecular flexibility index (Phi) is 5.24. The van der Waals surface area contributed by atoms with E-state index in [1.54, 1.807) is 18.2 Å². The molecule has 1 heterocycles. The van der Waals surface area contributed by atoms with Crippen molar-refractivity contribution in [2.24, 2.45) is 5.92 Å². The van der Waals surface area contributed by atoms with Crippen molar-refractivity contribution in [1.82, 2.24) is 9.62 Å². The molecule has 0 amide bonds. The Morgan fingerprint density at radius 2 is 2.00 bits per heavy atom. The second-order valence-corrected chi connectivity index (χ2v) is 7.51. The van der Waals surface area contributed by atoms with Crippen LogP contribution in [0, 0.1) is 12.8 Å². The number of nitrogens with one attached hydrogen (secondary N) is 1. The van der Waals surface area contributed by atoms with E-state index in [1.165, 1.54) is 0 Å². The Hall–Kier alpha value is -1.11. The fraction of sp³-hybridized carbons (Fsp3) is 0.600. The van der Waals surface area contributed by atoms with E-state index in [4.69, 9.17) is 5.73 Å². The third-order valence-electron chi connectivity index (χ3n) is 4.17. The molecular formula is C15H25N3O2S. The first kappa shape index (κ1) is 16.3. The highest BCUT2D eigenvalue weighted by Crippen LogP contribution is 2.21. The zero-order valence-corrected chi connectivity index (χ0v) is 13.6. The molecule has 1 aliphatic heterocycles.